The molecule has 0 unspecified atom stereocenters. The predicted octanol–water partition coefficient (Wildman–Crippen LogP) is 7.26. The maximum atomic E-state index is 14.0. The van der Waals surface area contributed by atoms with E-state index in [1.54, 1.807) is 11.6 Å². The highest BCUT2D eigenvalue weighted by atomic mass is 35.5. The van der Waals surface area contributed by atoms with Crippen LogP contribution in [-0.2, 0) is 0 Å². The molecule has 0 bridgehead atoms. The van der Waals surface area contributed by atoms with Gasteiger partial charge in [-0.15, -0.1) is 0 Å². The molecule has 0 radical (unpaired) electrons. The summed E-state index contributed by atoms with van der Waals surface area (Å²) in [7, 11) is 0. The first-order chi connectivity index (χ1) is 12.6. The Morgan fingerprint density at radius 1 is 0.962 bits per heavy atom. The fraction of sp³-hybridized carbons (Fsp3) is 0.619. The van der Waals surface area contributed by atoms with Gasteiger partial charge in [-0.25, -0.2) is 4.39 Å². The predicted molar refractivity (Wildman–Crippen MR) is 98.2 cm³/mol. The second-order valence-electron chi connectivity index (χ2n) is 7.67. The van der Waals surface area contributed by atoms with E-state index in [1.807, 2.05) is 0 Å². The number of hydrogen-bond acceptors (Lipinski definition) is 1. The minimum absolute atomic E-state index is 0.317. The van der Waals surface area contributed by atoms with Gasteiger partial charge in [0.1, 0.15) is 0 Å². The van der Waals surface area contributed by atoms with Crippen molar-refractivity contribution in [3.8, 4) is 5.75 Å². The van der Waals surface area contributed by atoms with E-state index in [-0.39, 0.29) is 5.75 Å². The Balaban J connectivity index is 1.52. The normalized spacial score (nSPS) is 30.0. The van der Waals surface area contributed by atoms with Crippen LogP contribution in [0.25, 0.3) is 0 Å². The van der Waals surface area contributed by atoms with Gasteiger partial charge in [-0.3, -0.25) is 0 Å². The largest absolute Gasteiger partial charge is 0.432 e. The number of ether oxygens (including phenoxy) is 1. The molecule has 0 spiro atoms. The van der Waals surface area contributed by atoms with Crippen LogP contribution >= 0.6 is 11.6 Å². The van der Waals surface area contributed by atoms with E-state index in [0.29, 0.717) is 11.8 Å². The molecule has 0 saturated heterocycles. The van der Waals surface area contributed by atoms with Crippen molar-refractivity contribution in [1.82, 2.24) is 0 Å². The molecule has 2 saturated carbocycles. The molecule has 2 aliphatic rings. The highest BCUT2D eigenvalue weighted by Gasteiger charge is 2.31. The lowest BCUT2D eigenvalue weighted by atomic mass is 9.68. The van der Waals surface area contributed by atoms with Crippen molar-refractivity contribution >= 4 is 11.6 Å². The lowest BCUT2D eigenvalue weighted by Crippen LogP contribution is -2.25. The van der Waals surface area contributed by atoms with Crippen LogP contribution in [0.4, 0.5) is 13.2 Å². The Labute approximate surface area is 158 Å². The minimum Gasteiger partial charge on any atom is -0.432 e. The molecular weight excluding hydrogens is 361 g/mol. The zero-order chi connectivity index (χ0) is 18.5. The van der Waals surface area contributed by atoms with Gasteiger partial charge in [0.25, 0.3) is 0 Å². The van der Waals surface area contributed by atoms with Gasteiger partial charge in [0.05, 0.1) is 0 Å². The van der Waals surface area contributed by atoms with Gasteiger partial charge in [0.15, 0.2) is 11.6 Å². The molecule has 1 nitrogen and oxygen atoms in total. The second-order valence-corrected chi connectivity index (χ2v) is 7.93. The zero-order valence-electron chi connectivity index (χ0n) is 14.9. The summed E-state index contributed by atoms with van der Waals surface area (Å²) in [4.78, 5) is 0. The van der Waals surface area contributed by atoms with Crippen LogP contribution in [-0.4, -0.2) is 6.61 Å². The van der Waals surface area contributed by atoms with Gasteiger partial charge in [-0.1, -0.05) is 23.7 Å². The average Bonchev–Trinajstić information content (AvgIpc) is 2.64. The first-order valence-corrected chi connectivity index (χ1v) is 10.0. The van der Waals surface area contributed by atoms with Crippen molar-refractivity contribution in [3.05, 3.63) is 41.2 Å². The number of allylic oxidation sites excluding steroid dienone is 1. The summed E-state index contributed by atoms with van der Waals surface area (Å²) in [5.41, 5.74) is 2.55. The number of rotatable bonds is 5. The van der Waals surface area contributed by atoms with Crippen LogP contribution < -0.4 is 4.74 Å². The second kappa shape index (κ2) is 9.16. The Morgan fingerprint density at radius 3 is 2.12 bits per heavy atom. The summed E-state index contributed by atoms with van der Waals surface area (Å²) < 4.78 is 42.6. The number of halogens is 4. The molecule has 0 amide bonds. The maximum Gasteiger partial charge on any atom is 0.387 e. The molecule has 0 N–H and O–H groups in total. The van der Waals surface area contributed by atoms with E-state index in [0.717, 1.165) is 30.2 Å². The topological polar surface area (TPSA) is 9.23 Å². The molecule has 0 heterocycles. The standard InChI is InChI=1S/C21H26ClF3O/c22-12-11-14-1-3-15(4-2-14)16-5-7-17(8-6-16)18-9-10-20(19(23)13-18)26-21(24)25/h9-17,21H,1-8H2/b12-11+. The van der Waals surface area contributed by atoms with E-state index >= 15 is 0 Å². The van der Waals surface area contributed by atoms with Gasteiger partial charge < -0.3 is 4.74 Å². The summed E-state index contributed by atoms with van der Waals surface area (Å²) >= 11 is 5.69. The molecule has 0 aliphatic heterocycles. The van der Waals surface area contributed by atoms with Crippen molar-refractivity contribution in [1.29, 1.82) is 0 Å². The summed E-state index contributed by atoms with van der Waals surface area (Å²) in [5.74, 6) is 1.44. The van der Waals surface area contributed by atoms with Crippen molar-refractivity contribution in [2.24, 2.45) is 17.8 Å². The SMILES string of the molecule is Fc1cc(C2CCC(C3CCC(/C=C/Cl)CC3)CC2)ccc1OC(F)F. The molecule has 2 fully saturated rings. The Bertz CT molecular complexity index is 603. The van der Waals surface area contributed by atoms with Gasteiger partial charge >= 0.3 is 6.61 Å². The summed E-state index contributed by atoms with van der Waals surface area (Å²) in [5, 5.41) is 0. The molecule has 1 aromatic rings. The average molecular weight is 387 g/mol. The lowest BCUT2D eigenvalue weighted by molar-refractivity contribution is -0.0522. The maximum absolute atomic E-state index is 14.0. The molecule has 0 aromatic heterocycles. The van der Waals surface area contributed by atoms with Crippen LogP contribution in [0.15, 0.2) is 29.8 Å². The van der Waals surface area contributed by atoms with Crippen LogP contribution in [0.3, 0.4) is 0 Å². The van der Waals surface area contributed by atoms with Crippen LogP contribution in [0.2, 0.25) is 0 Å². The molecule has 1 aromatic carbocycles. The highest BCUT2D eigenvalue weighted by molar-refractivity contribution is 6.25. The van der Waals surface area contributed by atoms with Crippen LogP contribution in [0.1, 0.15) is 62.8 Å². The molecule has 3 rings (SSSR count). The molecule has 0 atom stereocenters. The Kier molecular flexibility index (Phi) is 6.91. The number of benzene rings is 1. The van der Waals surface area contributed by atoms with E-state index in [2.05, 4.69) is 10.8 Å². The highest BCUT2D eigenvalue weighted by Crippen LogP contribution is 2.44. The molecular formula is C21H26ClF3O. The van der Waals surface area contributed by atoms with Crippen LogP contribution in [0, 0.1) is 23.6 Å². The van der Waals surface area contributed by atoms with Gasteiger partial charge in [-0.05, 0) is 92.7 Å². The van der Waals surface area contributed by atoms with Gasteiger partial charge in [0, 0.05) is 5.54 Å². The Hall–Kier alpha value is -1.16. The molecule has 144 valence electrons. The van der Waals surface area contributed by atoms with E-state index in [4.69, 9.17) is 11.6 Å². The third-order valence-corrected chi connectivity index (χ3v) is 6.39. The fourth-order valence-electron chi connectivity index (χ4n) is 4.80. The van der Waals surface area contributed by atoms with Crippen molar-refractivity contribution in [3.63, 3.8) is 0 Å². The zero-order valence-corrected chi connectivity index (χ0v) is 15.6. The van der Waals surface area contributed by atoms with Crippen molar-refractivity contribution in [2.75, 3.05) is 0 Å². The summed E-state index contributed by atoms with van der Waals surface area (Å²) in [6, 6.07) is 4.43. The monoisotopic (exact) mass is 386 g/mol. The first-order valence-electron chi connectivity index (χ1n) is 9.58. The minimum atomic E-state index is -3.00. The molecule has 26 heavy (non-hydrogen) atoms. The third kappa shape index (κ3) is 4.97. The third-order valence-electron chi connectivity index (χ3n) is 6.24. The van der Waals surface area contributed by atoms with Crippen LogP contribution in [0.5, 0.6) is 5.75 Å². The fourth-order valence-corrected chi connectivity index (χ4v) is 5.00. The Morgan fingerprint density at radius 2 is 1.58 bits per heavy atom. The quantitative estimate of drug-likeness (QED) is 0.517. The van der Waals surface area contributed by atoms with Gasteiger partial charge in [-0.2, -0.15) is 8.78 Å². The number of alkyl halides is 2. The molecule has 5 heteroatoms. The first kappa shape index (κ1) is 19.6. The van der Waals surface area contributed by atoms with E-state index in [1.165, 1.54) is 50.7 Å². The van der Waals surface area contributed by atoms with Gasteiger partial charge in [0.2, 0.25) is 0 Å². The summed E-state index contributed by atoms with van der Waals surface area (Å²) in [6.07, 6.45) is 11.5. The van der Waals surface area contributed by atoms with E-state index < -0.39 is 12.4 Å². The smallest absolute Gasteiger partial charge is 0.387 e. The van der Waals surface area contributed by atoms with E-state index in [9.17, 15) is 13.2 Å². The van der Waals surface area contributed by atoms with Crippen molar-refractivity contribution < 1.29 is 17.9 Å². The number of hydrogen-bond donors (Lipinski definition) is 0. The lowest BCUT2D eigenvalue weighted by Gasteiger charge is -2.37. The summed E-state index contributed by atoms with van der Waals surface area (Å²) in [6.45, 7) is -3.00. The van der Waals surface area contributed by atoms with Crippen molar-refractivity contribution in [2.45, 2.75) is 63.9 Å². The molecule has 2 aliphatic carbocycles.